The summed E-state index contributed by atoms with van der Waals surface area (Å²) in [5.74, 6) is 0. The number of imidazole rings is 1. The number of pyridine rings is 1. The molecule has 21 heavy (non-hydrogen) atoms. The monoisotopic (exact) mass is 307 g/mol. The van der Waals surface area contributed by atoms with Crippen molar-refractivity contribution in [2.75, 3.05) is 0 Å². The lowest BCUT2D eigenvalue weighted by Gasteiger charge is -2.05. The van der Waals surface area contributed by atoms with Gasteiger partial charge in [0.15, 0.2) is 4.77 Å². The van der Waals surface area contributed by atoms with Gasteiger partial charge in [-0.15, -0.1) is 0 Å². The summed E-state index contributed by atoms with van der Waals surface area (Å²) in [6.45, 7) is 0. The molecular weight excluding hydrogens is 296 g/mol. The van der Waals surface area contributed by atoms with Crippen LogP contribution in [0.2, 0.25) is 0 Å². The Morgan fingerprint density at radius 2 is 1.90 bits per heavy atom. The Balaban J connectivity index is 2.51. The molecule has 0 saturated heterocycles. The SMILES string of the molecule is Cn1c(=S)n(-c2ccccc2)c2[nH]c(=O)cc(C(F)F)c21. The molecule has 7 heteroatoms. The van der Waals surface area contributed by atoms with Crippen LogP contribution in [-0.2, 0) is 7.05 Å². The average Bonchev–Trinajstić information content (AvgIpc) is 2.70. The number of benzene rings is 1. The van der Waals surface area contributed by atoms with Crippen molar-refractivity contribution in [1.29, 1.82) is 0 Å². The van der Waals surface area contributed by atoms with Crippen LogP contribution in [0.25, 0.3) is 16.9 Å². The Kier molecular flexibility index (Phi) is 3.21. The van der Waals surface area contributed by atoms with E-state index in [1.54, 1.807) is 23.7 Å². The second-order valence-electron chi connectivity index (χ2n) is 4.60. The Bertz CT molecular complexity index is 925. The van der Waals surface area contributed by atoms with Crippen molar-refractivity contribution in [3.8, 4) is 5.69 Å². The van der Waals surface area contributed by atoms with E-state index in [1.165, 1.54) is 4.57 Å². The number of aryl methyl sites for hydroxylation is 1. The number of rotatable bonds is 2. The van der Waals surface area contributed by atoms with Crippen molar-refractivity contribution in [2.24, 2.45) is 7.05 Å². The third-order valence-electron chi connectivity index (χ3n) is 3.31. The number of hydrogen-bond donors (Lipinski definition) is 1. The Morgan fingerprint density at radius 3 is 2.52 bits per heavy atom. The molecule has 0 aliphatic heterocycles. The van der Waals surface area contributed by atoms with Crippen LogP contribution in [0.15, 0.2) is 41.2 Å². The van der Waals surface area contributed by atoms with Gasteiger partial charge in [-0.05, 0) is 24.4 Å². The maximum atomic E-state index is 13.2. The highest BCUT2D eigenvalue weighted by Gasteiger charge is 2.20. The van der Waals surface area contributed by atoms with E-state index >= 15 is 0 Å². The zero-order valence-electron chi connectivity index (χ0n) is 11.0. The highest BCUT2D eigenvalue weighted by Crippen LogP contribution is 2.28. The summed E-state index contributed by atoms with van der Waals surface area (Å²) in [7, 11) is 1.61. The molecule has 0 unspecified atom stereocenters. The van der Waals surface area contributed by atoms with Crippen LogP contribution < -0.4 is 5.56 Å². The molecule has 0 aliphatic rings. The Hall–Kier alpha value is -2.28. The number of hydrogen-bond acceptors (Lipinski definition) is 2. The van der Waals surface area contributed by atoms with Crippen LogP contribution >= 0.6 is 12.2 Å². The first kappa shape index (κ1) is 13.7. The predicted octanol–water partition coefficient (Wildman–Crippen LogP) is 3.32. The Morgan fingerprint density at radius 1 is 1.24 bits per heavy atom. The first-order valence-electron chi connectivity index (χ1n) is 6.19. The first-order valence-corrected chi connectivity index (χ1v) is 6.59. The molecule has 108 valence electrons. The largest absolute Gasteiger partial charge is 0.318 e. The van der Waals surface area contributed by atoms with Crippen molar-refractivity contribution in [2.45, 2.75) is 6.43 Å². The molecule has 4 nitrogen and oxygen atoms in total. The zero-order valence-corrected chi connectivity index (χ0v) is 11.8. The van der Waals surface area contributed by atoms with Crippen LogP contribution in [-0.4, -0.2) is 14.1 Å². The fourth-order valence-electron chi connectivity index (χ4n) is 2.40. The molecule has 2 heterocycles. The quantitative estimate of drug-likeness (QED) is 0.738. The molecule has 0 atom stereocenters. The lowest BCUT2D eigenvalue weighted by molar-refractivity contribution is 0.152. The van der Waals surface area contributed by atoms with Gasteiger partial charge in [-0.2, -0.15) is 0 Å². The summed E-state index contributed by atoms with van der Waals surface area (Å²) in [5.41, 5.74) is 0.310. The van der Waals surface area contributed by atoms with Crippen LogP contribution in [0.3, 0.4) is 0 Å². The van der Waals surface area contributed by atoms with Gasteiger partial charge >= 0.3 is 0 Å². The number of alkyl halides is 2. The van der Waals surface area contributed by atoms with Gasteiger partial charge in [0.05, 0.1) is 11.1 Å². The van der Waals surface area contributed by atoms with Crippen LogP contribution in [0.4, 0.5) is 8.78 Å². The molecule has 0 spiro atoms. The molecule has 1 aromatic carbocycles. The molecule has 0 radical (unpaired) electrons. The highest BCUT2D eigenvalue weighted by molar-refractivity contribution is 7.71. The summed E-state index contributed by atoms with van der Waals surface area (Å²) in [6.07, 6.45) is -2.75. The van der Waals surface area contributed by atoms with Gasteiger partial charge in [-0.3, -0.25) is 9.36 Å². The van der Waals surface area contributed by atoms with Gasteiger partial charge in [-0.1, -0.05) is 18.2 Å². The van der Waals surface area contributed by atoms with Gasteiger partial charge < -0.3 is 9.55 Å². The summed E-state index contributed by atoms with van der Waals surface area (Å²) in [5, 5.41) is 0. The van der Waals surface area contributed by atoms with Crippen LogP contribution in [0.5, 0.6) is 0 Å². The van der Waals surface area contributed by atoms with E-state index in [1.807, 2.05) is 18.2 Å². The smallest absolute Gasteiger partial charge is 0.266 e. The van der Waals surface area contributed by atoms with E-state index in [0.29, 0.717) is 10.5 Å². The fraction of sp³-hybridized carbons (Fsp3) is 0.143. The molecule has 0 amide bonds. The summed E-state index contributed by atoms with van der Waals surface area (Å²) < 4.78 is 29.8. The number of H-pyrrole nitrogens is 1. The van der Waals surface area contributed by atoms with E-state index in [4.69, 9.17) is 12.2 Å². The number of aromatic nitrogens is 3. The maximum Gasteiger partial charge on any atom is 0.266 e. The molecule has 3 rings (SSSR count). The van der Waals surface area contributed by atoms with Crippen molar-refractivity contribution < 1.29 is 8.78 Å². The molecule has 0 aliphatic carbocycles. The average molecular weight is 307 g/mol. The number of para-hydroxylation sites is 1. The van der Waals surface area contributed by atoms with Crippen molar-refractivity contribution in [3.63, 3.8) is 0 Å². The molecule has 3 aromatic rings. The topological polar surface area (TPSA) is 42.7 Å². The van der Waals surface area contributed by atoms with E-state index in [0.717, 1.165) is 6.07 Å². The highest BCUT2D eigenvalue weighted by atomic mass is 32.1. The molecule has 1 N–H and O–H groups in total. The molecule has 2 aromatic heterocycles. The second kappa shape index (κ2) is 4.92. The zero-order chi connectivity index (χ0) is 15.1. The lowest BCUT2D eigenvalue weighted by Crippen LogP contribution is -2.09. The Labute approximate surface area is 123 Å². The predicted molar refractivity (Wildman–Crippen MR) is 78.7 cm³/mol. The maximum absolute atomic E-state index is 13.2. The minimum absolute atomic E-state index is 0.235. The standard InChI is InChI=1S/C14H11F2N3OS/c1-18-11-9(12(15)16)7-10(20)17-13(11)19(14(18)21)8-5-3-2-4-6-8/h2-7,12H,1H3,(H,17,20). The van der Waals surface area contributed by atoms with Crippen LogP contribution in [0, 0.1) is 4.77 Å². The van der Waals surface area contributed by atoms with E-state index < -0.39 is 12.0 Å². The molecule has 0 fully saturated rings. The van der Waals surface area contributed by atoms with Crippen molar-refractivity contribution >= 4 is 23.4 Å². The molecule has 0 bridgehead atoms. The molecular formula is C14H11F2N3OS. The third-order valence-corrected chi connectivity index (χ3v) is 3.77. The third kappa shape index (κ3) is 2.09. The summed E-state index contributed by atoms with van der Waals surface area (Å²) >= 11 is 5.32. The first-order chi connectivity index (χ1) is 10.0. The van der Waals surface area contributed by atoms with E-state index in [-0.39, 0.29) is 16.7 Å². The van der Waals surface area contributed by atoms with Crippen molar-refractivity contribution in [3.05, 3.63) is 57.1 Å². The van der Waals surface area contributed by atoms with E-state index in [2.05, 4.69) is 4.98 Å². The lowest BCUT2D eigenvalue weighted by atomic mass is 10.2. The molecule has 0 saturated carbocycles. The summed E-state index contributed by atoms with van der Waals surface area (Å²) in [4.78, 5) is 14.3. The number of nitrogens with zero attached hydrogens (tertiary/aromatic N) is 2. The summed E-state index contributed by atoms with van der Waals surface area (Å²) in [6, 6.07) is 9.96. The van der Waals surface area contributed by atoms with Crippen molar-refractivity contribution in [1.82, 2.24) is 14.1 Å². The number of nitrogens with one attached hydrogen (secondary N) is 1. The van der Waals surface area contributed by atoms with Gasteiger partial charge in [0.1, 0.15) is 5.65 Å². The van der Waals surface area contributed by atoms with E-state index in [9.17, 15) is 13.6 Å². The number of aromatic amines is 1. The van der Waals surface area contributed by atoms with Gasteiger partial charge in [0.25, 0.3) is 6.43 Å². The normalized spacial score (nSPS) is 11.4. The van der Waals surface area contributed by atoms with Gasteiger partial charge in [0.2, 0.25) is 5.56 Å². The van der Waals surface area contributed by atoms with Gasteiger partial charge in [-0.25, -0.2) is 8.78 Å². The minimum Gasteiger partial charge on any atom is -0.318 e. The fourth-order valence-corrected chi connectivity index (χ4v) is 2.68. The van der Waals surface area contributed by atoms with Crippen LogP contribution in [0.1, 0.15) is 12.0 Å². The minimum atomic E-state index is -2.75. The van der Waals surface area contributed by atoms with Gasteiger partial charge in [0, 0.05) is 18.8 Å². The second-order valence-corrected chi connectivity index (χ2v) is 4.96. The number of fused-ring (bicyclic) bond motifs is 1. The number of halogens is 2.